The molecule has 9 nitrogen and oxygen atoms in total. The fraction of sp³-hybridized carbons (Fsp3) is 0.552. The molecule has 38 heavy (non-hydrogen) atoms. The summed E-state index contributed by atoms with van der Waals surface area (Å²) in [4.78, 5) is 31.8. The number of aliphatic carboxylic acids is 1. The second-order valence-electron chi connectivity index (χ2n) is 10.5. The van der Waals surface area contributed by atoms with Crippen LogP contribution in [0.25, 0.3) is 0 Å². The van der Waals surface area contributed by atoms with Crippen molar-refractivity contribution in [2.45, 2.75) is 57.1 Å². The highest BCUT2D eigenvalue weighted by Gasteiger charge is 2.30. The first-order valence-electron chi connectivity index (χ1n) is 13.9. The fourth-order valence-electron chi connectivity index (χ4n) is 5.50. The lowest BCUT2D eigenvalue weighted by Gasteiger charge is -2.35. The number of para-hydroxylation sites is 1. The Morgan fingerprint density at radius 3 is 2.82 bits per heavy atom. The maximum absolute atomic E-state index is 13.0. The summed E-state index contributed by atoms with van der Waals surface area (Å²) in [5, 5.41) is 15.8. The Morgan fingerprint density at radius 1 is 1.18 bits per heavy atom. The van der Waals surface area contributed by atoms with Gasteiger partial charge < -0.3 is 30.1 Å². The van der Waals surface area contributed by atoms with Crippen molar-refractivity contribution >= 4 is 23.4 Å². The highest BCUT2D eigenvalue weighted by atomic mass is 16.5. The number of ether oxygens (including phenoxy) is 2. The van der Waals surface area contributed by atoms with Gasteiger partial charge in [0.2, 0.25) is 0 Å². The van der Waals surface area contributed by atoms with E-state index < -0.39 is 12.0 Å². The average Bonchev–Trinajstić information content (AvgIpc) is 2.93. The summed E-state index contributed by atoms with van der Waals surface area (Å²) in [7, 11) is 0. The predicted octanol–water partition coefficient (Wildman–Crippen LogP) is 3.28. The molecule has 1 aromatic carbocycles. The van der Waals surface area contributed by atoms with Gasteiger partial charge in [0.05, 0.1) is 24.9 Å². The van der Waals surface area contributed by atoms with Crippen molar-refractivity contribution < 1.29 is 24.2 Å². The molecule has 0 bridgehead atoms. The number of nitrogens with one attached hydrogen (secondary N) is 2. The number of fused-ring (bicyclic) bond motifs is 1. The van der Waals surface area contributed by atoms with Crippen molar-refractivity contribution in [3.63, 3.8) is 0 Å². The van der Waals surface area contributed by atoms with Crippen LogP contribution in [0.1, 0.15) is 53.7 Å². The van der Waals surface area contributed by atoms with Crippen LogP contribution in [0.2, 0.25) is 0 Å². The van der Waals surface area contributed by atoms with Crippen LogP contribution in [0.15, 0.2) is 36.4 Å². The van der Waals surface area contributed by atoms with E-state index in [1.807, 2.05) is 12.1 Å². The topological polar surface area (TPSA) is 113 Å². The van der Waals surface area contributed by atoms with E-state index in [9.17, 15) is 14.7 Å². The number of aryl methyl sites for hydroxylation is 2. The Labute approximate surface area is 223 Å². The van der Waals surface area contributed by atoms with E-state index in [1.165, 1.54) is 12.0 Å². The number of benzene rings is 1. The first kappa shape index (κ1) is 26.4. The SMILES string of the molecule is O=C(N[C@@H](CCO[C@H]1C[C@H](CCc2ccc3c(n2)NCCC3)C1)C(=O)O)c1ccccc1N1CCOCC1. The molecular weight excluding hydrogens is 484 g/mol. The lowest BCUT2D eigenvalue weighted by Crippen LogP contribution is -2.43. The predicted molar refractivity (Wildman–Crippen MR) is 145 cm³/mol. The highest BCUT2D eigenvalue weighted by molar-refractivity contribution is 6.01. The van der Waals surface area contributed by atoms with Gasteiger partial charge in [-0.05, 0) is 68.2 Å². The molecule has 2 aliphatic heterocycles. The Kier molecular flexibility index (Phi) is 8.75. The molecule has 2 fully saturated rings. The van der Waals surface area contributed by atoms with E-state index in [1.54, 1.807) is 12.1 Å². The molecule has 0 unspecified atom stereocenters. The van der Waals surface area contributed by atoms with E-state index >= 15 is 0 Å². The number of hydrogen-bond acceptors (Lipinski definition) is 7. The average molecular weight is 523 g/mol. The lowest BCUT2D eigenvalue weighted by atomic mass is 9.79. The van der Waals surface area contributed by atoms with Crippen LogP contribution in [-0.4, -0.2) is 73.6 Å². The van der Waals surface area contributed by atoms with Gasteiger partial charge in [0.15, 0.2) is 0 Å². The maximum Gasteiger partial charge on any atom is 0.326 e. The van der Waals surface area contributed by atoms with Gasteiger partial charge in [-0.25, -0.2) is 9.78 Å². The summed E-state index contributed by atoms with van der Waals surface area (Å²) in [5.41, 5.74) is 3.73. The van der Waals surface area contributed by atoms with Crippen molar-refractivity contribution in [2.24, 2.45) is 5.92 Å². The minimum atomic E-state index is -1.05. The molecule has 3 aliphatic rings. The Balaban J connectivity index is 1.04. The van der Waals surface area contributed by atoms with Gasteiger partial charge in [-0.1, -0.05) is 18.2 Å². The summed E-state index contributed by atoms with van der Waals surface area (Å²) in [6.45, 7) is 3.91. The standard InChI is InChI=1S/C29H38N4O5/c34-28(24-5-1-2-6-26(24)33-13-16-37-17-14-33)32-25(29(35)36)11-15-38-23-18-20(19-23)7-9-22-10-8-21-4-3-12-30-27(21)31-22/h1-2,5-6,8,10,20,23,25H,3-4,7,9,11-19H2,(H,30,31)(H,32,34)(H,35,36)/t20-,23-,25-/m0/s1. The Morgan fingerprint density at radius 2 is 2.00 bits per heavy atom. The minimum absolute atomic E-state index is 0.158. The van der Waals surface area contributed by atoms with Crippen LogP contribution < -0.4 is 15.5 Å². The summed E-state index contributed by atoms with van der Waals surface area (Å²) in [5.74, 6) is 0.226. The van der Waals surface area contributed by atoms with Crippen LogP contribution in [0.5, 0.6) is 0 Å². The van der Waals surface area contributed by atoms with Gasteiger partial charge in [0.25, 0.3) is 5.91 Å². The van der Waals surface area contributed by atoms with Crippen molar-refractivity contribution in [3.8, 4) is 0 Å². The van der Waals surface area contributed by atoms with Crippen LogP contribution in [-0.2, 0) is 27.1 Å². The second-order valence-corrected chi connectivity index (χ2v) is 10.5. The number of hydrogen-bond donors (Lipinski definition) is 3. The molecule has 1 saturated heterocycles. The van der Waals surface area contributed by atoms with Crippen LogP contribution >= 0.6 is 0 Å². The molecule has 2 aromatic rings. The fourth-order valence-corrected chi connectivity index (χ4v) is 5.50. The number of anilines is 2. The van der Waals surface area contributed by atoms with Gasteiger partial charge in [0, 0.05) is 44.0 Å². The zero-order chi connectivity index (χ0) is 26.3. The summed E-state index contributed by atoms with van der Waals surface area (Å²) in [6.07, 6.45) is 6.68. The van der Waals surface area contributed by atoms with Gasteiger partial charge in [-0.2, -0.15) is 0 Å². The number of carboxylic acid groups (broad SMARTS) is 1. The number of carbonyl (C=O) groups is 2. The molecule has 1 aliphatic carbocycles. The number of morpholine rings is 1. The molecular formula is C29H38N4O5. The van der Waals surface area contributed by atoms with Gasteiger partial charge >= 0.3 is 5.97 Å². The normalized spacial score (nSPS) is 21.5. The summed E-state index contributed by atoms with van der Waals surface area (Å²) in [6, 6.07) is 10.7. The third kappa shape index (κ3) is 6.63. The zero-order valence-corrected chi connectivity index (χ0v) is 21.9. The first-order valence-corrected chi connectivity index (χ1v) is 13.9. The molecule has 0 radical (unpaired) electrons. The van der Waals surface area contributed by atoms with Crippen LogP contribution in [0.3, 0.4) is 0 Å². The molecule has 1 saturated carbocycles. The van der Waals surface area contributed by atoms with Crippen molar-refractivity contribution in [1.29, 1.82) is 0 Å². The van der Waals surface area contributed by atoms with Crippen LogP contribution in [0.4, 0.5) is 11.5 Å². The molecule has 9 heteroatoms. The van der Waals surface area contributed by atoms with Gasteiger partial charge in [0.1, 0.15) is 11.9 Å². The summed E-state index contributed by atoms with van der Waals surface area (Å²) >= 11 is 0. The molecule has 1 atom stereocenters. The smallest absolute Gasteiger partial charge is 0.326 e. The Hall–Kier alpha value is -3.17. The highest BCUT2D eigenvalue weighted by Crippen LogP contribution is 2.34. The number of nitrogens with zero attached hydrogens (tertiary/aromatic N) is 2. The number of pyridine rings is 1. The van der Waals surface area contributed by atoms with Crippen molar-refractivity contribution in [1.82, 2.24) is 10.3 Å². The third-order valence-electron chi connectivity index (χ3n) is 7.82. The van der Waals surface area contributed by atoms with E-state index in [0.29, 0.717) is 44.4 Å². The number of amides is 1. The maximum atomic E-state index is 13.0. The van der Waals surface area contributed by atoms with E-state index in [-0.39, 0.29) is 18.4 Å². The second kappa shape index (κ2) is 12.6. The first-order chi connectivity index (χ1) is 18.6. The summed E-state index contributed by atoms with van der Waals surface area (Å²) < 4.78 is 11.4. The largest absolute Gasteiger partial charge is 0.480 e. The van der Waals surface area contributed by atoms with Crippen molar-refractivity contribution in [2.75, 3.05) is 49.7 Å². The van der Waals surface area contributed by atoms with E-state index in [4.69, 9.17) is 14.5 Å². The molecule has 3 heterocycles. The molecule has 204 valence electrons. The number of rotatable bonds is 11. The number of carbonyl (C=O) groups excluding carboxylic acids is 1. The molecule has 0 spiro atoms. The molecule has 1 aromatic heterocycles. The molecule has 3 N–H and O–H groups in total. The van der Waals surface area contributed by atoms with Crippen molar-refractivity contribution in [3.05, 3.63) is 53.2 Å². The zero-order valence-electron chi connectivity index (χ0n) is 21.9. The van der Waals surface area contributed by atoms with E-state index in [0.717, 1.165) is 55.8 Å². The Bertz CT molecular complexity index is 1110. The number of carboxylic acids is 1. The quantitative estimate of drug-likeness (QED) is 0.412. The molecule has 1 amide bonds. The third-order valence-corrected chi connectivity index (χ3v) is 7.82. The number of aromatic nitrogens is 1. The monoisotopic (exact) mass is 522 g/mol. The molecule has 5 rings (SSSR count). The van der Waals surface area contributed by atoms with E-state index in [2.05, 4.69) is 27.7 Å². The van der Waals surface area contributed by atoms with Gasteiger partial charge in [-0.3, -0.25) is 4.79 Å². The minimum Gasteiger partial charge on any atom is -0.480 e. The lowest BCUT2D eigenvalue weighted by molar-refractivity contribution is -0.140. The van der Waals surface area contributed by atoms with Gasteiger partial charge in [-0.15, -0.1) is 0 Å². The van der Waals surface area contributed by atoms with Crippen LogP contribution in [0, 0.1) is 5.92 Å².